The lowest BCUT2D eigenvalue weighted by Gasteiger charge is -2.29. The summed E-state index contributed by atoms with van der Waals surface area (Å²) in [7, 11) is -1.56. The Kier molecular flexibility index (Phi) is 11.8. The van der Waals surface area contributed by atoms with E-state index in [0.29, 0.717) is 24.9 Å². The van der Waals surface area contributed by atoms with Crippen LogP contribution in [0.1, 0.15) is 83.1 Å². The first-order valence-corrected chi connectivity index (χ1v) is 18.3. The number of carbonyl (C=O) groups is 5. The highest BCUT2D eigenvalue weighted by Gasteiger charge is 2.61. The minimum atomic E-state index is -1.56. The molecule has 0 spiro atoms. The Morgan fingerprint density at radius 2 is 1.90 bits per heavy atom. The van der Waals surface area contributed by atoms with Crippen LogP contribution >= 0.6 is 0 Å². The zero-order chi connectivity index (χ0) is 34.3. The Bertz CT molecular complexity index is 1420. The van der Waals surface area contributed by atoms with Crippen LogP contribution in [0, 0.1) is 5.92 Å². The van der Waals surface area contributed by atoms with Gasteiger partial charge in [-0.2, -0.15) is 0 Å². The van der Waals surface area contributed by atoms with E-state index < -0.39 is 64.6 Å². The second-order valence-corrected chi connectivity index (χ2v) is 14.6. The van der Waals surface area contributed by atoms with Crippen LogP contribution in [0.4, 0.5) is 15.3 Å². The number of nitrogens with one attached hydrogen (secondary N) is 4. The summed E-state index contributed by atoms with van der Waals surface area (Å²) in [5.41, 5.74) is 0.223. The molecule has 6 atom stereocenters. The Morgan fingerprint density at radius 3 is 2.62 bits per heavy atom. The number of hydrogen-bond acceptors (Lipinski definition) is 8. The van der Waals surface area contributed by atoms with Crippen LogP contribution in [0.5, 0.6) is 0 Å². The number of unbranched alkanes of at least 4 members (excludes halogenated alkanes) is 1. The summed E-state index contributed by atoms with van der Waals surface area (Å²) in [6.07, 6.45) is 6.81. The third-order valence-electron chi connectivity index (χ3n) is 9.46. The van der Waals surface area contributed by atoms with Crippen molar-refractivity contribution in [3.8, 4) is 0 Å². The van der Waals surface area contributed by atoms with E-state index in [1.165, 1.54) is 4.90 Å². The van der Waals surface area contributed by atoms with Crippen molar-refractivity contribution in [2.75, 3.05) is 18.5 Å². The molecule has 0 radical (unpaired) electrons. The van der Waals surface area contributed by atoms with Gasteiger partial charge in [0.25, 0.3) is 5.91 Å². The van der Waals surface area contributed by atoms with Crippen molar-refractivity contribution >= 4 is 46.6 Å². The van der Waals surface area contributed by atoms with Gasteiger partial charge < -0.3 is 25.0 Å². The molecule has 2 aliphatic carbocycles. The number of amides is 5. The van der Waals surface area contributed by atoms with E-state index in [2.05, 4.69) is 27.3 Å². The molecule has 0 aromatic heterocycles. The van der Waals surface area contributed by atoms with Gasteiger partial charge in [0.05, 0.1) is 18.4 Å². The minimum absolute atomic E-state index is 0.0258. The van der Waals surface area contributed by atoms with E-state index in [1.54, 1.807) is 12.1 Å². The number of fused-ring (bicyclic) bond motifs is 3. The number of carbonyl (C=O) groups excluding carboxylic acids is 5. The van der Waals surface area contributed by atoms with E-state index in [9.17, 15) is 28.2 Å². The standard InChI is InChI=1S/C34H47N5O8S/c1-3-5-14-27-30(41)39-21-24(19-28(39)29(40)37-34(20-23(34)4-2)31(42)38-48(45)25-16-17-25)47-33(44)35-26-15-10-9-13-22(26)12-8-6-7-11-18-46-32(43)36-27/h4,9-10,13,15,23-25,27-28H,2-3,5-8,11-12,14,16-21H2,1H3,(H,35,44)(H,36,43)(H,37,40)(H,38,42)/t23?,24-,27+,28+,34-,48?/m1/s1. The lowest BCUT2D eigenvalue weighted by Crippen LogP contribution is -2.58. The van der Waals surface area contributed by atoms with Gasteiger partial charge in [-0.3, -0.25) is 24.4 Å². The predicted molar refractivity (Wildman–Crippen MR) is 179 cm³/mol. The number of hydrogen-bond donors (Lipinski definition) is 4. The first-order chi connectivity index (χ1) is 23.1. The first kappa shape index (κ1) is 35.4. The molecular weight excluding hydrogens is 638 g/mol. The van der Waals surface area contributed by atoms with Crippen molar-refractivity contribution in [3.05, 3.63) is 42.5 Å². The van der Waals surface area contributed by atoms with Crippen LogP contribution in [0.3, 0.4) is 0 Å². The molecule has 1 aromatic rings. The summed E-state index contributed by atoms with van der Waals surface area (Å²) < 4.78 is 26.2. The molecule has 5 rings (SSSR count). The number of para-hydroxylation sites is 1. The Hall–Kier alpha value is -3.94. The van der Waals surface area contributed by atoms with Crippen LogP contribution < -0.4 is 20.7 Å². The second kappa shape index (κ2) is 16.0. The summed E-state index contributed by atoms with van der Waals surface area (Å²) in [5.74, 6) is -2.08. The van der Waals surface area contributed by atoms with Gasteiger partial charge in [0.1, 0.15) is 34.7 Å². The summed E-state index contributed by atoms with van der Waals surface area (Å²) in [4.78, 5) is 68.7. The largest absolute Gasteiger partial charge is 0.450 e. The average molecular weight is 686 g/mol. The van der Waals surface area contributed by atoms with E-state index >= 15 is 0 Å². The van der Waals surface area contributed by atoms with Crippen molar-refractivity contribution in [1.29, 1.82) is 0 Å². The average Bonchev–Trinajstić information content (AvgIpc) is 3.99. The number of aryl methyl sites for hydroxylation is 1. The lowest BCUT2D eigenvalue weighted by atomic mass is 10.0. The maximum Gasteiger partial charge on any atom is 0.411 e. The predicted octanol–water partition coefficient (Wildman–Crippen LogP) is 3.61. The fourth-order valence-electron chi connectivity index (χ4n) is 6.40. The molecule has 262 valence electrons. The molecule has 2 saturated carbocycles. The second-order valence-electron chi connectivity index (χ2n) is 13.1. The SMILES string of the molecule is C=CC1C[C@]1(NC(=O)[C@@H]1C[C@@H]2CN1C(=O)[C@H](CCCC)NC(=O)OCCCCCCc1ccccc1NC(=O)O2)C(=O)NS(=O)C1CC1. The topological polar surface area (TPSA) is 172 Å². The van der Waals surface area contributed by atoms with Crippen molar-refractivity contribution in [2.45, 2.75) is 113 Å². The van der Waals surface area contributed by atoms with E-state index in [0.717, 1.165) is 50.5 Å². The molecule has 2 unspecified atom stereocenters. The van der Waals surface area contributed by atoms with Crippen LogP contribution in [0.25, 0.3) is 0 Å². The Morgan fingerprint density at radius 1 is 1.12 bits per heavy atom. The first-order valence-electron chi connectivity index (χ1n) is 17.1. The molecule has 3 fully saturated rings. The summed E-state index contributed by atoms with van der Waals surface area (Å²) >= 11 is 0. The molecule has 1 saturated heterocycles. The highest BCUT2D eigenvalue weighted by atomic mass is 32.2. The maximum atomic E-state index is 14.1. The molecule has 2 bridgehead atoms. The molecule has 48 heavy (non-hydrogen) atoms. The highest BCUT2D eigenvalue weighted by molar-refractivity contribution is 7.84. The summed E-state index contributed by atoms with van der Waals surface area (Å²) in [6.45, 7) is 5.86. The Labute approximate surface area is 283 Å². The molecule has 13 nitrogen and oxygen atoms in total. The van der Waals surface area contributed by atoms with Gasteiger partial charge >= 0.3 is 12.2 Å². The fraction of sp³-hybridized carbons (Fsp3) is 0.618. The minimum Gasteiger partial charge on any atom is -0.450 e. The van der Waals surface area contributed by atoms with Crippen LogP contribution in [-0.4, -0.2) is 81.1 Å². The van der Waals surface area contributed by atoms with Crippen LogP contribution in [-0.2, 0) is 41.3 Å². The van der Waals surface area contributed by atoms with Crippen molar-refractivity contribution < 1.29 is 37.7 Å². The van der Waals surface area contributed by atoms with Crippen molar-refractivity contribution in [3.63, 3.8) is 0 Å². The normalized spacial score (nSPS) is 28.9. The quantitative estimate of drug-likeness (QED) is 0.286. The number of anilines is 1. The monoisotopic (exact) mass is 685 g/mol. The number of rotatable bonds is 9. The lowest BCUT2D eigenvalue weighted by molar-refractivity contribution is -0.141. The molecule has 2 heterocycles. The number of ether oxygens (including phenoxy) is 2. The van der Waals surface area contributed by atoms with Gasteiger partial charge in [0.2, 0.25) is 11.8 Å². The molecule has 14 heteroatoms. The molecule has 5 amide bonds. The third kappa shape index (κ3) is 8.74. The number of nitrogens with zero attached hydrogens (tertiary/aromatic N) is 1. The van der Waals surface area contributed by atoms with E-state index in [-0.39, 0.29) is 37.2 Å². The van der Waals surface area contributed by atoms with Gasteiger partial charge in [-0.15, -0.1) is 6.58 Å². The van der Waals surface area contributed by atoms with Crippen LogP contribution in [0.2, 0.25) is 0 Å². The van der Waals surface area contributed by atoms with E-state index in [4.69, 9.17) is 9.47 Å². The van der Waals surface area contributed by atoms with Gasteiger partial charge in [-0.05, 0) is 56.6 Å². The molecule has 1 aromatic carbocycles. The van der Waals surface area contributed by atoms with Gasteiger partial charge in [-0.1, -0.05) is 56.9 Å². The zero-order valence-electron chi connectivity index (χ0n) is 27.5. The van der Waals surface area contributed by atoms with Crippen molar-refractivity contribution in [2.24, 2.45) is 5.92 Å². The van der Waals surface area contributed by atoms with Crippen molar-refractivity contribution in [1.82, 2.24) is 20.3 Å². The fourth-order valence-corrected chi connectivity index (χ4v) is 7.49. The van der Waals surface area contributed by atoms with Crippen LogP contribution in [0.15, 0.2) is 36.9 Å². The smallest absolute Gasteiger partial charge is 0.411 e. The molecular formula is C34H47N5O8S. The zero-order valence-corrected chi connectivity index (χ0v) is 28.3. The molecule has 4 aliphatic rings. The summed E-state index contributed by atoms with van der Waals surface area (Å²) in [6, 6.07) is 5.38. The van der Waals surface area contributed by atoms with Gasteiger partial charge in [0.15, 0.2) is 0 Å². The number of benzene rings is 1. The highest BCUT2D eigenvalue weighted by Crippen LogP contribution is 2.45. The molecule has 4 N–H and O–H groups in total. The summed E-state index contributed by atoms with van der Waals surface area (Å²) in [5, 5.41) is 8.27. The van der Waals surface area contributed by atoms with Gasteiger partial charge in [0, 0.05) is 18.0 Å². The van der Waals surface area contributed by atoms with Gasteiger partial charge in [-0.25, -0.2) is 13.8 Å². The number of cyclic esters (lactones) is 1. The maximum absolute atomic E-state index is 14.1. The number of alkyl carbamates (subject to hydrolysis) is 1. The Balaban J connectivity index is 1.38. The van der Waals surface area contributed by atoms with E-state index in [1.807, 2.05) is 25.1 Å². The molecule has 2 aliphatic heterocycles. The third-order valence-corrected chi connectivity index (χ3v) is 10.9.